The number of rotatable bonds is 1. The molecule has 0 N–H and O–H groups in total. The summed E-state index contributed by atoms with van der Waals surface area (Å²) in [7, 11) is 0. The lowest BCUT2D eigenvalue weighted by Crippen LogP contribution is -2.37. The fraction of sp³-hybridized carbons (Fsp3) is 0.600. The minimum absolute atomic E-state index is 0.0671. The zero-order valence-electron chi connectivity index (χ0n) is 12.0. The molecule has 4 nitrogen and oxygen atoms in total. The van der Waals surface area contributed by atoms with Crippen molar-refractivity contribution >= 4 is 22.0 Å². The van der Waals surface area contributed by atoms with Crippen LogP contribution in [0.2, 0.25) is 0 Å². The van der Waals surface area contributed by atoms with Gasteiger partial charge in [-0.25, -0.2) is 4.79 Å². The number of amides is 1. The largest absolute Gasteiger partial charge is 0.444 e. The molecule has 0 unspecified atom stereocenters. The molecule has 108 valence electrons. The molecule has 0 aromatic carbocycles. The zero-order chi connectivity index (χ0) is 14.5. The fourth-order valence-electron chi connectivity index (χ4n) is 3.02. The van der Waals surface area contributed by atoms with Gasteiger partial charge in [-0.05, 0) is 61.2 Å². The summed E-state index contributed by atoms with van der Waals surface area (Å²) >= 11 is 3.41. The molecular formula is C15H19BrN2O2. The number of ether oxygens (including phenoxy) is 1. The first-order valence-electron chi connectivity index (χ1n) is 6.90. The van der Waals surface area contributed by atoms with Gasteiger partial charge in [0.15, 0.2) is 0 Å². The Balaban J connectivity index is 1.71. The molecule has 20 heavy (non-hydrogen) atoms. The van der Waals surface area contributed by atoms with E-state index < -0.39 is 5.60 Å². The number of hydrogen-bond acceptors (Lipinski definition) is 3. The van der Waals surface area contributed by atoms with Crippen LogP contribution in [-0.2, 0) is 10.2 Å². The smallest absolute Gasteiger partial charge is 0.410 e. The SMILES string of the molecule is CC(C)(C)OC(=O)N1C[C@@H]2C[C@]2(c2ccc(Br)cn2)C1. The van der Waals surface area contributed by atoms with E-state index in [4.69, 9.17) is 4.74 Å². The third kappa shape index (κ3) is 2.43. The molecule has 0 spiro atoms. The molecular weight excluding hydrogens is 320 g/mol. The Morgan fingerprint density at radius 1 is 1.50 bits per heavy atom. The number of nitrogens with zero attached hydrogens (tertiary/aromatic N) is 2. The van der Waals surface area contributed by atoms with Crippen LogP contribution in [0.4, 0.5) is 4.79 Å². The number of carbonyl (C=O) groups is 1. The van der Waals surface area contributed by atoms with Gasteiger partial charge in [-0.3, -0.25) is 4.98 Å². The molecule has 1 saturated heterocycles. The number of likely N-dealkylation sites (tertiary alicyclic amines) is 1. The van der Waals surface area contributed by atoms with Crippen LogP contribution >= 0.6 is 15.9 Å². The van der Waals surface area contributed by atoms with Crippen LogP contribution in [-0.4, -0.2) is 34.7 Å². The van der Waals surface area contributed by atoms with Gasteiger partial charge in [0.25, 0.3) is 0 Å². The van der Waals surface area contributed by atoms with Gasteiger partial charge in [0.1, 0.15) is 5.60 Å². The van der Waals surface area contributed by atoms with E-state index in [9.17, 15) is 4.79 Å². The van der Waals surface area contributed by atoms with Crippen LogP contribution in [0.1, 0.15) is 32.9 Å². The van der Waals surface area contributed by atoms with E-state index in [-0.39, 0.29) is 11.5 Å². The maximum absolute atomic E-state index is 12.1. The van der Waals surface area contributed by atoms with Gasteiger partial charge in [0.2, 0.25) is 0 Å². The van der Waals surface area contributed by atoms with Gasteiger partial charge < -0.3 is 9.64 Å². The number of hydrogen-bond donors (Lipinski definition) is 0. The highest BCUT2D eigenvalue weighted by atomic mass is 79.9. The maximum atomic E-state index is 12.1. The molecule has 0 radical (unpaired) electrons. The second-order valence-electron chi connectivity index (χ2n) is 6.78. The van der Waals surface area contributed by atoms with Crippen LogP contribution in [0.3, 0.4) is 0 Å². The predicted molar refractivity (Wildman–Crippen MR) is 79.5 cm³/mol. The molecule has 2 aliphatic rings. The lowest BCUT2D eigenvalue weighted by Gasteiger charge is -2.26. The van der Waals surface area contributed by atoms with Crippen LogP contribution < -0.4 is 0 Å². The maximum Gasteiger partial charge on any atom is 0.410 e. The molecule has 0 bridgehead atoms. The number of aromatic nitrogens is 1. The van der Waals surface area contributed by atoms with Crippen LogP contribution in [0.25, 0.3) is 0 Å². The van der Waals surface area contributed by atoms with Crippen molar-refractivity contribution in [3.05, 3.63) is 28.5 Å². The van der Waals surface area contributed by atoms with Crippen molar-refractivity contribution in [2.24, 2.45) is 5.92 Å². The first-order chi connectivity index (χ1) is 9.30. The summed E-state index contributed by atoms with van der Waals surface area (Å²) in [5, 5.41) is 0. The van der Waals surface area contributed by atoms with Crippen molar-refractivity contribution in [2.45, 2.75) is 38.2 Å². The average molecular weight is 339 g/mol. The Kier molecular flexibility index (Phi) is 3.08. The standard InChI is InChI=1S/C15H19BrN2O2/c1-14(2,3)20-13(19)18-8-10-6-15(10,9-18)12-5-4-11(16)7-17-12/h4-5,7,10H,6,8-9H2,1-3H3/t10-,15-/m0/s1. The molecule has 2 heterocycles. The number of piperidine rings is 1. The molecule has 1 aliphatic carbocycles. The summed E-state index contributed by atoms with van der Waals surface area (Å²) in [6.07, 6.45) is 2.75. The summed E-state index contributed by atoms with van der Waals surface area (Å²) in [6, 6.07) is 4.07. The highest BCUT2D eigenvalue weighted by molar-refractivity contribution is 9.10. The van der Waals surface area contributed by atoms with E-state index in [1.54, 1.807) is 0 Å². The van der Waals surface area contributed by atoms with Crippen molar-refractivity contribution in [2.75, 3.05) is 13.1 Å². The summed E-state index contributed by atoms with van der Waals surface area (Å²) in [4.78, 5) is 18.5. The molecule has 3 rings (SSSR count). The first kappa shape index (κ1) is 13.9. The Morgan fingerprint density at radius 2 is 2.25 bits per heavy atom. The van der Waals surface area contributed by atoms with Gasteiger partial charge in [-0.2, -0.15) is 0 Å². The highest BCUT2D eigenvalue weighted by Gasteiger charge is 2.63. The molecule has 2 atom stereocenters. The Labute approximate surface area is 127 Å². The summed E-state index contributed by atoms with van der Waals surface area (Å²) in [5.41, 5.74) is 0.724. The van der Waals surface area contributed by atoms with Gasteiger partial charge in [-0.1, -0.05) is 0 Å². The number of pyridine rings is 1. The van der Waals surface area contributed by atoms with Crippen LogP contribution in [0.15, 0.2) is 22.8 Å². The van der Waals surface area contributed by atoms with E-state index in [0.29, 0.717) is 5.92 Å². The number of carbonyl (C=O) groups excluding carboxylic acids is 1. The van der Waals surface area contributed by atoms with E-state index in [0.717, 1.165) is 29.7 Å². The van der Waals surface area contributed by atoms with Gasteiger partial charge in [-0.15, -0.1) is 0 Å². The molecule has 5 heteroatoms. The second kappa shape index (κ2) is 4.45. The topological polar surface area (TPSA) is 42.4 Å². The molecule has 1 aromatic rings. The average Bonchev–Trinajstić information content (AvgIpc) is 2.90. The number of halogens is 1. The van der Waals surface area contributed by atoms with Crippen LogP contribution in [0, 0.1) is 5.92 Å². The normalized spacial score (nSPS) is 28.2. The number of fused-ring (bicyclic) bond motifs is 1. The van der Waals surface area contributed by atoms with Gasteiger partial charge >= 0.3 is 6.09 Å². The van der Waals surface area contributed by atoms with Crippen LogP contribution in [0.5, 0.6) is 0 Å². The minimum Gasteiger partial charge on any atom is -0.444 e. The van der Waals surface area contributed by atoms with Gasteiger partial charge in [0, 0.05) is 34.9 Å². The van der Waals surface area contributed by atoms with Crippen molar-refractivity contribution in [3.63, 3.8) is 0 Å². The van der Waals surface area contributed by atoms with Gasteiger partial charge in [0.05, 0.1) is 0 Å². The predicted octanol–water partition coefficient (Wildman–Crippen LogP) is 3.35. The highest BCUT2D eigenvalue weighted by Crippen LogP contribution is 2.58. The summed E-state index contributed by atoms with van der Waals surface area (Å²) in [5.74, 6) is 0.531. The molecule has 1 aromatic heterocycles. The Bertz CT molecular complexity index is 538. The van der Waals surface area contributed by atoms with E-state index in [1.165, 1.54) is 0 Å². The molecule has 1 amide bonds. The fourth-order valence-corrected chi connectivity index (χ4v) is 3.25. The van der Waals surface area contributed by atoms with Crippen molar-refractivity contribution in [1.29, 1.82) is 0 Å². The third-order valence-corrected chi connectivity index (χ3v) is 4.50. The Morgan fingerprint density at radius 3 is 2.85 bits per heavy atom. The molecule has 2 fully saturated rings. The second-order valence-corrected chi connectivity index (χ2v) is 7.70. The lowest BCUT2D eigenvalue weighted by atomic mass is 10.0. The van der Waals surface area contributed by atoms with E-state index in [2.05, 4.69) is 27.0 Å². The Hall–Kier alpha value is -1.10. The van der Waals surface area contributed by atoms with E-state index in [1.807, 2.05) is 37.9 Å². The summed E-state index contributed by atoms with van der Waals surface area (Å²) < 4.78 is 6.43. The minimum atomic E-state index is -0.438. The quantitative estimate of drug-likeness (QED) is 0.788. The van der Waals surface area contributed by atoms with E-state index >= 15 is 0 Å². The van der Waals surface area contributed by atoms with Crippen molar-refractivity contribution < 1.29 is 9.53 Å². The molecule has 1 saturated carbocycles. The summed E-state index contributed by atoms with van der Waals surface area (Å²) in [6.45, 7) is 7.20. The van der Waals surface area contributed by atoms with Crippen molar-refractivity contribution in [3.8, 4) is 0 Å². The van der Waals surface area contributed by atoms with Crippen molar-refractivity contribution in [1.82, 2.24) is 9.88 Å². The zero-order valence-corrected chi connectivity index (χ0v) is 13.6. The lowest BCUT2D eigenvalue weighted by molar-refractivity contribution is 0.0270. The third-order valence-electron chi connectivity index (χ3n) is 4.03. The first-order valence-corrected chi connectivity index (χ1v) is 7.69. The molecule has 1 aliphatic heterocycles. The monoisotopic (exact) mass is 338 g/mol.